The second-order valence-corrected chi connectivity index (χ2v) is 6.84. The molecule has 1 unspecified atom stereocenters. The van der Waals surface area contributed by atoms with Gasteiger partial charge >= 0.3 is 0 Å². The van der Waals surface area contributed by atoms with E-state index in [1.807, 2.05) is 18.2 Å². The normalized spacial score (nSPS) is 20.0. The molecule has 0 radical (unpaired) electrons. The van der Waals surface area contributed by atoms with Crippen LogP contribution in [-0.2, 0) is 17.8 Å². The minimum atomic E-state index is 0.140. The largest absolute Gasteiger partial charge is 0.490 e. The molecule has 1 amide bonds. The van der Waals surface area contributed by atoms with Gasteiger partial charge in [0, 0.05) is 24.0 Å². The average Bonchev–Trinajstić information content (AvgIpc) is 3.31. The molecule has 1 N–H and O–H groups in total. The molecule has 1 fully saturated rings. The highest BCUT2D eigenvalue weighted by molar-refractivity contribution is 5.78. The van der Waals surface area contributed by atoms with Gasteiger partial charge in [0.25, 0.3) is 0 Å². The van der Waals surface area contributed by atoms with Gasteiger partial charge in [0.15, 0.2) is 5.76 Å². The number of nitrogens with one attached hydrogen (secondary N) is 1. The standard InChI is InChI=1S/C19H22N2O3/c1-12-8-15-9-14(6-7-17(15)23-12)18-10-16(21-24-18)11-20-19(22)13-4-2-3-5-13/h6-7,9-10,12-13H,2-5,8,11H2,1H3,(H,20,22). The third kappa shape index (κ3) is 3.03. The highest BCUT2D eigenvalue weighted by atomic mass is 16.5. The van der Waals surface area contributed by atoms with Crippen molar-refractivity contribution in [2.24, 2.45) is 5.92 Å². The van der Waals surface area contributed by atoms with Crippen LogP contribution in [0.2, 0.25) is 0 Å². The summed E-state index contributed by atoms with van der Waals surface area (Å²) in [7, 11) is 0. The summed E-state index contributed by atoms with van der Waals surface area (Å²) in [5.74, 6) is 1.99. The molecular formula is C19H22N2O3. The van der Waals surface area contributed by atoms with Crippen LogP contribution in [0, 0.1) is 5.92 Å². The third-order valence-electron chi connectivity index (χ3n) is 4.91. The SMILES string of the molecule is CC1Cc2cc(-c3cc(CNC(=O)C4CCCC4)no3)ccc2O1. The summed E-state index contributed by atoms with van der Waals surface area (Å²) in [6, 6.07) is 7.96. The van der Waals surface area contributed by atoms with Crippen molar-refractivity contribution >= 4 is 5.91 Å². The van der Waals surface area contributed by atoms with E-state index < -0.39 is 0 Å². The van der Waals surface area contributed by atoms with Crippen LogP contribution in [0.15, 0.2) is 28.8 Å². The fourth-order valence-electron chi connectivity index (χ4n) is 3.62. The van der Waals surface area contributed by atoms with E-state index in [0.717, 1.165) is 54.9 Å². The van der Waals surface area contributed by atoms with E-state index in [2.05, 4.69) is 23.5 Å². The Hall–Kier alpha value is -2.30. The number of hydrogen-bond donors (Lipinski definition) is 1. The fourth-order valence-corrected chi connectivity index (χ4v) is 3.62. The molecule has 0 bridgehead atoms. The molecule has 2 aliphatic rings. The first-order valence-electron chi connectivity index (χ1n) is 8.72. The molecule has 5 nitrogen and oxygen atoms in total. The van der Waals surface area contributed by atoms with Gasteiger partial charge in [-0.3, -0.25) is 4.79 Å². The quantitative estimate of drug-likeness (QED) is 0.934. The van der Waals surface area contributed by atoms with Gasteiger partial charge in [-0.1, -0.05) is 18.0 Å². The van der Waals surface area contributed by atoms with Gasteiger partial charge in [-0.15, -0.1) is 0 Å². The Morgan fingerprint density at radius 2 is 2.12 bits per heavy atom. The number of carbonyl (C=O) groups is 1. The van der Waals surface area contributed by atoms with Crippen LogP contribution >= 0.6 is 0 Å². The molecule has 126 valence electrons. The lowest BCUT2D eigenvalue weighted by Crippen LogP contribution is -2.28. The monoisotopic (exact) mass is 326 g/mol. The highest BCUT2D eigenvalue weighted by Gasteiger charge is 2.23. The summed E-state index contributed by atoms with van der Waals surface area (Å²) in [4.78, 5) is 12.1. The predicted molar refractivity (Wildman–Crippen MR) is 89.5 cm³/mol. The summed E-state index contributed by atoms with van der Waals surface area (Å²) in [6.45, 7) is 2.49. The Bertz CT molecular complexity index is 747. The zero-order chi connectivity index (χ0) is 16.5. The topological polar surface area (TPSA) is 64.4 Å². The summed E-state index contributed by atoms with van der Waals surface area (Å²) in [6.07, 6.45) is 5.48. The molecule has 1 aromatic heterocycles. The molecule has 1 aliphatic carbocycles. The molecule has 1 saturated carbocycles. The summed E-state index contributed by atoms with van der Waals surface area (Å²) in [5.41, 5.74) is 2.95. The Balaban J connectivity index is 1.41. The van der Waals surface area contributed by atoms with Gasteiger partial charge < -0.3 is 14.6 Å². The number of fused-ring (bicyclic) bond motifs is 1. The number of rotatable bonds is 4. The minimum absolute atomic E-state index is 0.140. The first-order valence-corrected chi connectivity index (χ1v) is 8.72. The second kappa shape index (κ2) is 6.30. The molecule has 0 saturated heterocycles. The predicted octanol–water partition coefficient (Wildman–Crippen LogP) is 3.47. The summed E-state index contributed by atoms with van der Waals surface area (Å²) in [5, 5.41) is 7.05. The molecule has 0 spiro atoms. The Morgan fingerprint density at radius 1 is 1.29 bits per heavy atom. The van der Waals surface area contributed by atoms with E-state index in [-0.39, 0.29) is 17.9 Å². The second-order valence-electron chi connectivity index (χ2n) is 6.84. The van der Waals surface area contributed by atoms with E-state index in [0.29, 0.717) is 6.54 Å². The molecular weight excluding hydrogens is 304 g/mol. The first kappa shape index (κ1) is 15.2. The molecule has 24 heavy (non-hydrogen) atoms. The van der Waals surface area contributed by atoms with Crippen LogP contribution < -0.4 is 10.1 Å². The van der Waals surface area contributed by atoms with Crippen molar-refractivity contribution in [1.82, 2.24) is 10.5 Å². The maximum atomic E-state index is 12.1. The zero-order valence-corrected chi connectivity index (χ0v) is 13.9. The maximum absolute atomic E-state index is 12.1. The molecule has 2 heterocycles. The Labute approximate surface area is 141 Å². The fraction of sp³-hybridized carbons (Fsp3) is 0.474. The molecule has 2 aromatic rings. The maximum Gasteiger partial charge on any atom is 0.223 e. The van der Waals surface area contributed by atoms with Crippen LogP contribution in [0.5, 0.6) is 5.75 Å². The first-order chi connectivity index (χ1) is 11.7. The van der Waals surface area contributed by atoms with E-state index in [1.165, 1.54) is 5.56 Å². The van der Waals surface area contributed by atoms with E-state index in [9.17, 15) is 4.79 Å². The van der Waals surface area contributed by atoms with Crippen molar-refractivity contribution in [3.8, 4) is 17.1 Å². The minimum Gasteiger partial charge on any atom is -0.490 e. The number of aromatic nitrogens is 1. The molecule has 5 heteroatoms. The highest BCUT2D eigenvalue weighted by Crippen LogP contribution is 2.33. The van der Waals surface area contributed by atoms with E-state index in [4.69, 9.17) is 9.26 Å². The molecule has 1 aromatic carbocycles. The molecule has 1 aliphatic heterocycles. The van der Waals surface area contributed by atoms with Crippen LogP contribution in [0.1, 0.15) is 43.9 Å². The lowest BCUT2D eigenvalue weighted by Gasteiger charge is -2.08. The summed E-state index contributed by atoms with van der Waals surface area (Å²) < 4.78 is 11.2. The number of ether oxygens (including phenoxy) is 1. The van der Waals surface area contributed by atoms with Crippen LogP contribution in [0.4, 0.5) is 0 Å². The van der Waals surface area contributed by atoms with Crippen molar-refractivity contribution in [1.29, 1.82) is 0 Å². The smallest absolute Gasteiger partial charge is 0.223 e. The number of amides is 1. The lowest BCUT2D eigenvalue weighted by molar-refractivity contribution is -0.125. The van der Waals surface area contributed by atoms with Crippen LogP contribution in [0.25, 0.3) is 11.3 Å². The summed E-state index contributed by atoms with van der Waals surface area (Å²) >= 11 is 0. The van der Waals surface area contributed by atoms with Crippen molar-refractivity contribution in [3.63, 3.8) is 0 Å². The average molecular weight is 326 g/mol. The lowest BCUT2D eigenvalue weighted by atomic mass is 10.1. The molecule has 4 rings (SSSR count). The van der Waals surface area contributed by atoms with Gasteiger partial charge in [-0.25, -0.2) is 0 Å². The van der Waals surface area contributed by atoms with Crippen LogP contribution in [0.3, 0.4) is 0 Å². The number of hydrogen-bond acceptors (Lipinski definition) is 4. The Morgan fingerprint density at radius 3 is 2.96 bits per heavy atom. The van der Waals surface area contributed by atoms with Crippen molar-refractivity contribution < 1.29 is 14.1 Å². The third-order valence-corrected chi connectivity index (χ3v) is 4.91. The number of benzene rings is 1. The van der Waals surface area contributed by atoms with Crippen molar-refractivity contribution in [2.45, 2.75) is 51.7 Å². The Kier molecular flexibility index (Phi) is 4.00. The van der Waals surface area contributed by atoms with Crippen molar-refractivity contribution in [2.75, 3.05) is 0 Å². The van der Waals surface area contributed by atoms with Gasteiger partial charge in [0.2, 0.25) is 5.91 Å². The number of carbonyl (C=O) groups excluding carboxylic acids is 1. The van der Waals surface area contributed by atoms with Gasteiger partial charge in [-0.2, -0.15) is 0 Å². The van der Waals surface area contributed by atoms with Gasteiger partial charge in [-0.05, 0) is 43.5 Å². The molecule has 1 atom stereocenters. The number of nitrogens with zero attached hydrogens (tertiary/aromatic N) is 1. The van der Waals surface area contributed by atoms with E-state index in [1.54, 1.807) is 0 Å². The van der Waals surface area contributed by atoms with Crippen LogP contribution in [-0.4, -0.2) is 17.2 Å². The van der Waals surface area contributed by atoms with Gasteiger partial charge in [0.1, 0.15) is 17.5 Å². The zero-order valence-electron chi connectivity index (χ0n) is 13.9. The van der Waals surface area contributed by atoms with Gasteiger partial charge in [0.05, 0.1) is 6.54 Å². The van der Waals surface area contributed by atoms with Crippen molar-refractivity contribution in [3.05, 3.63) is 35.5 Å². The van der Waals surface area contributed by atoms with E-state index >= 15 is 0 Å².